The fourth-order valence-corrected chi connectivity index (χ4v) is 4.21. The third-order valence-corrected chi connectivity index (χ3v) is 5.93. The smallest absolute Gasteiger partial charge is 0.326 e. The maximum atomic E-state index is 13.0. The van der Waals surface area contributed by atoms with Gasteiger partial charge >= 0.3 is 12.0 Å². The van der Waals surface area contributed by atoms with E-state index in [4.69, 9.17) is 0 Å². The number of nitrogens with one attached hydrogen (secondary N) is 2. The lowest BCUT2D eigenvalue weighted by Gasteiger charge is -2.27. The molecule has 1 unspecified atom stereocenters. The van der Waals surface area contributed by atoms with Gasteiger partial charge in [0.05, 0.1) is 0 Å². The summed E-state index contributed by atoms with van der Waals surface area (Å²) in [4.78, 5) is 38.3. The van der Waals surface area contributed by atoms with Crippen molar-refractivity contribution in [3.05, 3.63) is 89.5 Å². The van der Waals surface area contributed by atoms with E-state index in [9.17, 15) is 19.5 Å². The highest BCUT2D eigenvalue weighted by Gasteiger charge is 2.38. The molecule has 0 aromatic heterocycles. The molecule has 0 saturated carbocycles. The SMILES string of the molecule is CC(C)C(C(=O)O)N1Cc2ccc(-c3ccc(NC(=O)NCc4ccccc4)cc3)cc2C1=O. The number of benzene rings is 3. The lowest BCUT2D eigenvalue weighted by molar-refractivity contribution is -0.144. The van der Waals surface area contributed by atoms with Crippen LogP contribution in [0.25, 0.3) is 11.1 Å². The van der Waals surface area contributed by atoms with Crippen LogP contribution in [0.2, 0.25) is 0 Å². The maximum Gasteiger partial charge on any atom is 0.326 e. The van der Waals surface area contributed by atoms with E-state index in [-0.39, 0.29) is 17.9 Å². The molecule has 3 amide bonds. The van der Waals surface area contributed by atoms with Crippen molar-refractivity contribution in [2.24, 2.45) is 5.92 Å². The van der Waals surface area contributed by atoms with Gasteiger partial charge in [0.25, 0.3) is 5.91 Å². The fourth-order valence-electron chi connectivity index (χ4n) is 4.21. The first-order valence-electron chi connectivity index (χ1n) is 11.2. The van der Waals surface area contributed by atoms with Crippen molar-refractivity contribution in [3.8, 4) is 11.1 Å². The van der Waals surface area contributed by atoms with Gasteiger partial charge in [-0.15, -0.1) is 0 Å². The average molecular weight is 458 g/mol. The molecule has 3 aromatic rings. The third-order valence-electron chi connectivity index (χ3n) is 5.93. The van der Waals surface area contributed by atoms with E-state index < -0.39 is 12.0 Å². The van der Waals surface area contributed by atoms with Gasteiger partial charge in [0.2, 0.25) is 0 Å². The number of rotatable bonds is 7. The van der Waals surface area contributed by atoms with Crippen molar-refractivity contribution in [1.29, 1.82) is 0 Å². The van der Waals surface area contributed by atoms with Gasteiger partial charge in [0.1, 0.15) is 6.04 Å². The lowest BCUT2D eigenvalue weighted by atomic mass is 10.00. The molecule has 0 aliphatic carbocycles. The van der Waals surface area contributed by atoms with Crippen molar-refractivity contribution in [1.82, 2.24) is 10.2 Å². The van der Waals surface area contributed by atoms with Crippen LogP contribution < -0.4 is 10.6 Å². The quantitative estimate of drug-likeness (QED) is 0.477. The van der Waals surface area contributed by atoms with Crippen LogP contribution in [-0.4, -0.2) is 34.0 Å². The normalized spacial score (nSPS) is 13.5. The Morgan fingerprint density at radius 3 is 2.29 bits per heavy atom. The topological polar surface area (TPSA) is 98.7 Å². The largest absolute Gasteiger partial charge is 0.480 e. The van der Waals surface area contributed by atoms with E-state index in [0.717, 1.165) is 22.3 Å². The number of carbonyl (C=O) groups excluding carboxylic acids is 2. The summed E-state index contributed by atoms with van der Waals surface area (Å²) in [6, 6.07) is 21.5. The Bertz CT molecular complexity index is 1210. The van der Waals surface area contributed by atoms with Crippen molar-refractivity contribution in [2.75, 3.05) is 5.32 Å². The number of hydrogen-bond acceptors (Lipinski definition) is 3. The highest BCUT2D eigenvalue weighted by Crippen LogP contribution is 2.31. The number of nitrogens with zero attached hydrogens (tertiary/aromatic N) is 1. The molecule has 0 spiro atoms. The van der Waals surface area contributed by atoms with E-state index in [1.807, 2.05) is 60.7 Å². The number of carbonyl (C=O) groups is 3. The molecule has 174 valence electrons. The van der Waals surface area contributed by atoms with Crippen LogP contribution >= 0.6 is 0 Å². The predicted molar refractivity (Wildman–Crippen MR) is 130 cm³/mol. The molecular weight excluding hydrogens is 430 g/mol. The summed E-state index contributed by atoms with van der Waals surface area (Å²) < 4.78 is 0. The maximum absolute atomic E-state index is 13.0. The van der Waals surface area contributed by atoms with Crippen molar-refractivity contribution >= 4 is 23.6 Å². The molecule has 0 saturated heterocycles. The fraction of sp³-hybridized carbons (Fsp3) is 0.222. The second-order valence-electron chi connectivity index (χ2n) is 8.70. The van der Waals surface area contributed by atoms with Gasteiger partial charge in [-0.1, -0.05) is 68.4 Å². The van der Waals surface area contributed by atoms with Crippen LogP contribution in [0.4, 0.5) is 10.5 Å². The second kappa shape index (κ2) is 9.79. The molecule has 4 rings (SSSR count). The summed E-state index contributed by atoms with van der Waals surface area (Å²) in [6.07, 6.45) is 0. The lowest BCUT2D eigenvalue weighted by Crippen LogP contribution is -2.44. The zero-order valence-electron chi connectivity index (χ0n) is 19.1. The van der Waals surface area contributed by atoms with Crippen LogP contribution in [-0.2, 0) is 17.9 Å². The molecular formula is C27H27N3O4. The van der Waals surface area contributed by atoms with E-state index in [1.165, 1.54) is 4.90 Å². The molecule has 0 fully saturated rings. The molecule has 7 nitrogen and oxygen atoms in total. The monoisotopic (exact) mass is 457 g/mol. The Morgan fingerprint density at radius 2 is 1.65 bits per heavy atom. The summed E-state index contributed by atoms with van der Waals surface area (Å²) in [5, 5.41) is 15.2. The third kappa shape index (κ3) is 4.93. The second-order valence-corrected chi connectivity index (χ2v) is 8.70. The molecule has 1 aliphatic heterocycles. The van der Waals surface area contributed by atoms with Crippen LogP contribution in [0, 0.1) is 5.92 Å². The molecule has 1 aliphatic rings. The van der Waals surface area contributed by atoms with Crippen LogP contribution in [0.5, 0.6) is 0 Å². The number of urea groups is 1. The summed E-state index contributed by atoms with van der Waals surface area (Å²) in [7, 11) is 0. The number of fused-ring (bicyclic) bond motifs is 1. The first kappa shape index (κ1) is 23.0. The van der Waals surface area contributed by atoms with E-state index >= 15 is 0 Å². The minimum absolute atomic E-state index is 0.194. The standard InChI is InChI=1S/C27H27N3O4/c1-17(2)24(26(32)33)30-16-21-9-8-20(14-23(21)25(30)31)19-10-12-22(13-11-19)29-27(34)28-15-18-6-4-3-5-7-18/h3-14,17,24H,15-16H2,1-2H3,(H,32,33)(H2,28,29,34). The Hall–Kier alpha value is -4.13. The van der Waals surface area contributed by atoms with Gasteiger partial charge in [-0.05, 0) is 46.4 Å². The van der Waals surface area contributed by atoms with Crippen LogP contribution in [0.3, 0.4) is 0 Å². The van der Waals surface area contributed by atoms with Gasteiger partial charge in [0, 0.05) is 24.3 Å². The zero-order valence-corrected chi connectivity index (χ0v) is 19.1. The Morgan fingerprint density at radius 1 is 0.971 bits per heavy atom. The molecule has 3 N–H and O–H groups in total. The number of aliphatic carboxylic acids is 1. The van der Waals surface area contributed by atoms with Crippen molar-refractivity contribution in [3.63, 3.8) is 0 Å². The number of carboxylic acids is 1. The van der Waals surface area contributed by atoms with Crippen molar-refractivity contribution in [2.45, 2.75) is 33.0 Å². The van der Waals surface area contributed by atoms with Gasteiger partial charge in [0.15, 0.2) is 0 Å². The van der Waals surface area contributed by atoms with Gasteiger partial charge in [-0.25, -0.2) is 9.59 Å². The number of anilines is 1. The van der Waals surface area contributed by atoms with Crippen LogP contribution in [0.15, 0.2) is 72.8 Å². The van der Waals surface area contributed by atoms with Crippen molar-refractivity contribution < 1.29 is 19.5 Å². The number of amides is 3. The Kier molecular flexibility index (Phi) is 6.63. The number of carboxylic acid groups (broad SMARTS) is 1. The average Bonchev–Trinajstić information content (AvgIpc) is 3.14. The van der Waals surface area contributed by atoms with Crippen LogP contribution in [0.1, 0.15) is 35.3 Å². The highest BCUT2D eigenvalue weighted by atomic mass is 16.4. The van der Waals surface area contributed by atoms with E-state index in [0.29, 0.717) is 24.3 Å². The zero-order chi connectivity index (χ0) is 24.2. The molecule has 0 radical (unpaired) electrons. The molecule has 0 bridgehead atoms. The molecule has 34 heavy (non-hydrogen) atoms. The molecule has 1 atom stereocenters. The highest BCUT2D eigenvalue weighted by molar-refractivity contribution is 6.01. The molecule has 7 heteroatoms. The summed E-state index contributed by atoms with van der Waals surface area (Å²) in [5.74, 6) is -1.45. The van der Waals surface area contributed by atoms with Gasteiger partial charge in [-0.3, -0.25) is 4.79 Å². The minimum atomic E-state index is -0.993. The summed E-state index contributed by atoms with van der Waals surface area (Å²) >= 11 is 0. The minimum Gasteiger partial charge on any atom is -0.480 e. The molecule has 3 aromatic carbocycles. The Labute approximate surface area is 198 Å². The Balaban J connectivity index is 1.43. The summed E-state index contributed by atoms with van der Waals surface area (Å²) in [5.41, 5.74) is 4.77. The molecule has 1 heterocycles. The first-order valence-corrected chi connectivity index (χ1v) is 11.2. The van der Waals surface area contributed by atoms with Gasteiger partial charge in [-0.2, -0.15) is 0 Å². The van der Waals surface area contributed by atoms with E-state index in [1.54, 1.807) is 26.0 Å². The van der Waals surface area contributed by atoms with Gasteiger partial charge < -0.3 is 20.6 Å². The first-order chi connectivity index (χ1) is 16.3. The predicted octanol–water partition coefficient (Wildman–Crippen LogP) is 4.74. The number of hydrogen-bond donors (Lipinski definition) is 3. The van der Waals surface area contributed by atoms with E-state index in [2.05, 4.69) is 10.6 Å². The summed E-state index contributed by atoms with van der Waals surface area (Å²) in [6.45, 7) is 4.34.